The average molecular weight is 250 g/mol. The lowest BCUT2D eigenvalue weighted by molar-refractivity contribution is -0.137. The highest BCUT2D eigenvalue weighted by atomic mass is 16.4. The Bertz CT molecular complexity index is 432. The molecule has 0 aliphatic carbocycles. The molecule has 0 aliphatic heterocycles. The van der Waals surface area contributed by atoms with E-state index in [4.69, 9.17) is 5.11 Å². The molecule has 1 rings (SSSR count). The number of carboxylic acid groups (broad SMARTS) is 1. The number of nitrogens with one attached hydrogen (secondary N) is 1. The molecular weight excluding hydrogens is 232 g/mol. The van der Waals surface area contributed by atoms with E-state index in [9.17, 15) is 9.59 Å². The third kappa shape index (κ3) is 3.85. The number of nitrogens with zero attached hydrogens (tertiary/aromatic N) is 1. The third-order valence-corrected chi connectivity index (χ3v) is 2.61. The highest BCUT2D eigenvalue weighted by molar-refractivity contribution is 5.97. The highest BCUT2D eigenvalue weighted by Gasteiger charge is 2.16. The lowest BCUT2D eigenvalue weighted by Crippen LogP contribution is -2.32. The Balaban J connectivity index is 2.87. The minimum absolute atomic E-state index is 0.260. The first-order chi connectivity index (χ1) is 8.56. The van der Waals surface area contributed by atoms with Gasteiger partial charge in [0.1, 0.15) is 6.54 Å². The Labute approximate surface area is 106 Å². The van der Waals surface area contributed by atoms with Crippen LogP contribution < -0.4 is 5.32 Å². The number of carbonyl (C=O) groups is 2. The van der Waals surface area contributed by atoms with Gasteiger partial charge in [0, 0.05) is 12.6 Å². The molecule has 2 N–H and O–H groups in total. The van der Waals surface area contributed by atoms with E-state index in [1.807, 2.05) is 19.2 Å². The van der Waals surface area contributed by atoms with E-state index in [1.54, 1.807) is 12.1 Å². The fourth-order valence-corrected chi connectivity index (χ4v) is 1.69. The van der Waals surface area contributed by atoms with E-state index in [0.717, 1.165) is 18.5 Å². The zero-order chi connectivity index (χ0) is 13.5. The molecule has 0 atom stereocenters. The number of amides is 1. The van der Waals surface area contributed by atoms with Crippen LogP contribution in [0.1, 0.15) is 15.9 Å². The molecule has 0 saturated carbocycles. The molecule has 0 bridgehead atoms. The summed E-state index contributed by atoms with van der Waals surface area (Å²) in [6, 6.07) is 7.27. The summed E-state index contributed by atoms with van der Waals surface area (Å²) in [7, 11) is 3.34. The van der Waals surface area contributed by atoms with E-state index in [0.29, 0.717) is 5.56 Å². The van der Waals surface area contributed by atoms with Gasteiger partial charge in [0.25, 0.3) is 5.91 Å². The van der Waals surface area contributed by atoms with Crippen LogP contribution >= 0.6 is 0 Å². The summed E-state index contributed by atoms with van der Waals surface area (Å²) in [5, 5.41) is 11.7. The molecule has 5 nitrogen and oxygen atoms in total. The van der Waals surface area contributed by atoms with Crippen LogP contribution in [0.3, 0.4) is 0 Å². The van der Waals surface area contributed by atoms with E-state index >= 15 is 0 Å². The number of carbonyl (C=O) groups excluding carboxylic acids is 1. The minimum Gasteiger partial charge on any atom is -0.480 e. The monoisotopic (exact) mass is 250 g/mol. The molecule has 0 saturated heterocycles. The number of hydrogen-bond acceptors (Lipinski definition) is 3. The molecule has 1 aromatic rings. The third-order valence-electron chi connectivity index (χ3n) is 2.61. The second kappa shape index (κ2) is 6.76. The quantitative estimate of drug-likeness (QED) is 0.776. The number of aliphatic carboxylic acids is 1. The lowest BCUT2D eigenvalue weighted by atomic mass is 10.0. The van der Waals surface area contributed by atoms with Gasteiger partial charge in [-0.05, 0) is 31.6 Å². The van der Waals surface area contributed by atoms with Crippen molar-refractivity contribution in [2.75, 3.05) is 27.2 Å². The van der Waals surface area contributed by atoms with Crippen LogP contribution in [-0.4, -0.2) is 49.1 Å². The van der Waals surface area contributed by atoms with Crippen molar-refractivity contribution in [3.05, 3.63) is 35.4 Å². The maximum absolute atomic E-state index is 12.1. The topological polar surface area (TPSA) is 69.6 Å². The largest absolute Gasteiger partial charge is 0.480 e. The molecule has 0 unspecified atom stereocenters. The second-order valence-electron chi connectivity index (χ2n) is 4.07. The van der Waals surface area contributed by atoms with Crippen LogP contribution in [0.15, 0.2) is 24.3 Å². The smallest absolute Gasteiger partial charge is 0.323 e. The van der Waals surface area contributed by atoms with Crippen molar-refractivity contribution in [3.8, 4) is 0 Å². The summed E-state index contributed by atoms with van der Waals surface area (Å²) < 4.78 is 0. The number of likely N-dealkylation sites (N-methyl/N-ethyl adjacent to an activating group) is 2. The number of carboxylic acids is 1. The Morgan fingerprint density at radius 2 is 2.00 bits per heavy atom. The predicted octanol–water partition coefficient (Wildman–Crippen LogP) is 0.605. The molecule has 0 radical (unpaired) electrons. The summed E-state index contributed by atoms with van der Waals surface area (Å²) >= 11 is 0. The molecule has 1 aromatic carbocycles. The van der Waals surface area contributed by atoms with E-state index in [1.165, 1.54) is 11.9 Å². The molecular formula is C13H18N2O3. The summed E-state index contributed by atoms with van der Waals surface area (Å²) in [5.41, 5.74) is 1.49. The summed E-state index contributed by atoms with van der Waals surface area (Å²) in [6.07, 6.45) is 0.735. The van der Waals surface area contributed by atoms with Gasteiger partial charge in [-0.3, -0.25) is 9.59 Å². The van der Waals surface area contributed by atoms with Gasteiger partial charge >= 0.3 is 5.97 Å². The van der Waals surface area contributed by atoms with Crippen molar-refractivity contribution in [1.82, 2.24) is 10.2 Å². The van der Waals surface area contributed by atoms with E-state index in [2.05, 4.69) is 5.32 Å². The van der Waals surface area contributed by atoms with Gasteiger partial charge in [0.2, 0.25) is 0 Å². The van der Waals surface area contributed by atoms with Crippen molar-refractivity contribution in [1.29, 1.82) is 0 Å². The molecule has 0 spiro atoms. The lowest BCUT2D eigenvalue weighted by Gasteiger charge is -2.17. The standard InChI is InChI=1S/C13H18N2O3/c1-14-8-7-10-5-3-4-6-11(10)13(18)15(2)9-12(16)17/h3-6,14H,7-9H2,1-2H3,(H,16,17). The van der Waals surface area contributed by atoms with Gasteiger partial charge in [0.15, 0.2) is 0 Å². The average Bonchev–Trinajstić information content (AvgIpc) is 2.35. The summed E-state index contributed by atoms with van der Waals surface area (Å²) in [4.78, 5) is 23.9. The molecule has 0 aromatic heterocycles. The van der Waals surface area contributed by atoms with Gasteiger partial charge in [-0.2, -0.15) is 0 Å². The first kappa shape index (κ1) is 14.2. The van der Waals surface area contributed by atoms with E-state index < -0.39 is 5.97 Å². The Morgan fingerprint density at radius 1 is 1.33 bits per heavy atom. The van der Waals surface area contributed by atoms with Gasteiger partial charge in [-0.25, -0.2) is 0 Å². The van der Waals surface area contributed by atoms with Crippen LogP contribution in [0.2, 0.25) is 0 Å². The molecule has 0 fully saturated rings. The van der Waals surface area contributed by atoms with Crippen molar-refractivity contribution >= 4 is 11.9 Å². The van der Waals surface area contributed by atoms with Crippen LogP contribution in [0.4, 0.5) is 0 Å². The Hall–Kier alpha value is -1.88. The van der Waals surface area contributed by atoms with Crippen molar-refractivity contribution < 1.29 is 14.7 Å². The number of rotatable bonds is 6. The number of hydrogen-bond donors (Lipinski definition) is 2. The predicted molar refractivity (Wildman–Crippen MR) is 68.7 cm³/mol. The molecule has 1 amide bonds. The van der Waals surface area contributed by atoms with Crippen molar-refractivity contribution in [3.63, 3.8) is 0 Å². The molecule has 18 heavy (non-hydrogen) atoms. The van der Waals surface area contributed by atoms with Crippen LogP contribution in [0.25, 0.3) is 0 Å². The van der Waals surface area contributed by atoms with Crippen LogP contribution in [-0.2, 0) is 11.2 Å². The fraction of sp³-hybridized carbons (Fsp3) is 0.385. The minimum atomic E-state index is -1.02. The van der Waals surface area contributed by atoms with Crippen LogP contribution in [0.5, 0.6) is 0 Å². The van der Waals surface area contributed by atoms with Gasteiger partial charge in [-0.1, -0.05) is 18.2 Å². The Morgan fingerprint density at radius 3 is 2.61 bits per heavy atom. The summed E-state index contributed by atoms with van der Waals surface area (Å²) in [5.74, 6) is -1.28. The van der Waals surface area contributed by atoms with Crippen molar-refractivity contribution in [2.45, 2.75) is 6.42 Å². The zero-order valence-electron chi connectivity index (χ0n) is 10.6. The maximum Gasteiger partial charge on any atom is 0.323 e. The maximum atomic E-state index is 12.1. The molecule has 98 valence electrons. The van der Waals surface area contributed by atoms with Crippen molar-refractivity contribution in [2.24, 2.45) is 0 Å². The highest BCUT2D eigenvalue weighted by Crippen LogP contribution is 2.11. The van der Waals surface area contributed by atoms with Gasteiger partial charge in [-0.15, -0.1) is 0 Å². The summed E-state index contributed by atoms with van der Waals surface area (Å²) in [6.45, 7) is 0.478. The fourth-order valence-electron chi connectivity index (χ4n) is 1.69. The first-order valence-electron chi connectivity index (χ1n) is 5.76. The van der Waals surface area contributed by atoms with Gasteiger partial charge in [0.05, 0.1) is 0 Å². The first-order valence-corrected chi connectivity index (χ1v) is 5.76. The van der Waals surface area contributed by atoms with Crippen LogP contribution in [0, 0.1) is 0 Å². The van der Waals surface area contributed by atoms with Gasteiger partial charge < -0.3 is 15.3 Å². The SMILES string of the molecule is CNCCc1ccccc1C(=O)N(C)CC(=O)O. The molecule has 0 heterocycles. The number of benzene rings is 1. The molecule has 5 heteroatoms. The molecule has 0 aliphatic rings. The second-order valence-corrected chi connectivity index (χ2v) is 4.07. The Kier molecular flexibility index (Phi) is 5.32. The normalized spacial score (nSPS) is 10.1. The zero-order valence-corrected chi connectivity index (χ0v) is 10.6. The van der Waals surface area contributed by atoms with E-state index in [-0.39, 0.29) is 12.5 Å².